The number of carbonyl (C=O) groups excluding carboxylic acids is 1. The molecule has 0 aliphatic carbocycles. The van der Waals surface area contributed by atoms with Gasteiger partial charge in [0.15, 0.2) is 0 Å². The molecule has 1 aliphatic rings. The van der Waals surface area contributed by atoms with Gasteiger partial charge < -0.3 is 9.88 Å². The van der Waals surface area contributed by atoms with Gasteiger partial charge in [0.2, 0.25) is 0 Å². The predicted octanol–water partition coefficient (Wildman–Crippen LogP) is 4.09. The van der Waals surface area contributed by atoms with Crippen LogP contribution in [-0.4, -0.2) is 19.7 Å². The van der Waals surface area contributed by atoms with Crippen molar-refractivity contribution in [2.24, 2.45) is 0 Å². The zero-order valence-corrected chi connectivity index (χ0v) is 15.5. The van der Waals surface area contributed by atoms with E-state index in [0.29, 0.717) is 21.3 Å². The Bertz CT molecular complexity index is 1130. The highest BCUT2D eigenvalue weighted by atomic mass is 32.2. The predicted molar refractivity (Wildman–Crippen MR) is 110 cm³/mol. The zero-order valence-electron chi connectivity index (χ0n) is 13.9. The van der Waals surface area contributed by atoms with Crippen LogP contribution in [0.15, 0.2) is 59.6 Å². The molecule has 3 aromatic rings. The van der Waals surface area contributed by atoms with E-state index in [1.54, 1.807) is 24.3 Å². The molecular formula is C19H13N3O3S2. The van der Waals surface area contributed by atoms with Crippen molar-refractivity contribution in [3.8, 4) is 0 Å². The largest absolute Gasteiger partial charge is 0.342 e. The lowest BCUT2D eigenvalue weighted by Gasteiger charge is -2.06. The molecule has 1 aliphatic heterocycles. The number of thiocarbonyl (C=S) groups is 1. The van der Waals surface area contributed by atoms with Crippen molar-refractivity contribution in [2.45, 2.75) is 6.54 Å². The molecule has 1 aromatic heterocycles. The van der Waals surface area contributed by atoms with E-state index in [-0.39, 0.29) is 16.5 Å². The van der Waals surface area contributed by atoms with E-state index in [2.05, 4.69) is 5.32 Å². The number of nitrogens with zero attached hydrogens (tertiary/aromatic N) is 2. The number of nitrogens with one attached hydrogen (secondary N) is 1. The Hall–Kier alpha value is -2.97. The first kappa shape index (κ1) is 17.4. The van der Waals surface area contributed by atoms with Crippen LogP contribution in [0.4, 0.5) is 5.69 Å². The third-order valence-corrected chi connectivity index (χ3v) is 5.44. The summed E-state index contributed by atoms with van der Waals surface area (Å²) in [6.07, 6.45) is 3.71. The minimum absolute atomic E-state index is 0.0891. The number of benzene rings is 2. The Morgan fingerprint density at radius 2 is 1.93 bits per heavy atom. The normalized spacial score (nSPS) is 15.5. The van der Waals surface area contributed by atoms with Gasteiger partial charge in [0.1, 0.15) is 4.32 Å². The summed E-state index contributed by atoms with van der Waals surface area (Å²) >= 11 is 6.27. The molecule has 27 heavy (non-hydrogen) atoms. The van der Waals surface area contributed by atoms with Gasteiger partial charge in [0, 0.05) is 34.3 Å². The first-order valence-electron chi connectivity index (χ1n) is 8.08. The molecule has 4 rings (SSSR count). The molecule has 0 radical (unpaired) electrons. The van der Waals surface area contributed by atoms with Crippen molar-refractivity contribution >= 4 is 56.9 Å². The molecule has 0 atom stereocenters. The highest BCUT2D eigenvalue weighted by Crippen LogP contribution is 2.30. The van der Waals surface area contributed by atoms with Crippen LogP contribution < -0.4 is 5.32 Å². The number of thioether (sulfide) groups is 1. The van der Waals surface area contributed by atoms with Crippen LogP contribution >= 0.6 is 24.0 Å². The van der Waals surface area contributed by atoms with E-state index < -0.39 is 0 Å². The summed E-state index contributed by atoms with van der Waals surface area (Å²) in [5.74, 6) is -0.208. The van der Waals surface area contributed by atoms with Crippen molar-refractivity contribution in [3.63, 3.8) is 0 Å². The van der Waals surface area contributed by atoms with Gasteiger partial charge in [-0.3, -0.25) is 14.9 Å². The number of carbonyl (C=O) groups is 1. The van der Waals surface area contributed by atoms with Gasteiger partial charge in [-0.25, -0.2) is 0 Å². The van der Waals surface area contributed by atoms with E-state index in [0.717, 1.165) is 16.5 Å². The monoisotopic (exact) mass is 395 g/mol. The molecule has 6 nitrogen and oxygen atoms in total. The quantitative estimate of drug-likeness (QED) is 0.312. The average molecular weight is 395 g/mol. The van der Waals surface area contributed by atoms with Crippen molar-refractivity contribution in [1.29, 1.82) is 0 Å². The number of rotatable bonds is 4. The van der Waals surface area contributed by atoms with Crippen LogP contribution in [0.2, 0.25) is 0 Å². The highest BCUT2D eigenvalue weighted by Gasteiger charge is 2.23. The fourth-order valence-corrected chi connectivity index (χ4v) is 4.12. The van der Waals surface area contributed by atoms with Crippen LogP contribution in [0.5, 0.6) is 0 Å². The maximum absolute atomic E-state index is 12.0. The third kappa shape index (κ3) is 3.36. The number of hydrogen-bond acceptors (Lipinski definition) is 5. The summed E-state index contributed by atoms with van der Waals surface area (Å²) in [4.78, 5) is 23.4. The van der Waals surface area contributed by atoms with Crippen molar-refractivity contribution < 1.29 is 9.72 Å². The summed E-state index contributed by atoms with van der Waals surface area (Å²) in [5, 5.41) is 14.9. The lowest BCUT2D eigenvalue weighted by atomic mass is 10.1. The topological polar surface area (TPSA) is 77.2 Å². The lowest BCUT2D eigenvalue weighted by Crippen LogP contribution is -2.17. The smallest absolute Gasteiger partial charge is 0.274 e. The Labute approximate surface area is 164 Å². The lowest BCUT2D eigenvalue weighted by molar-refractivity contribution is -0.385. The first-order valence-corrected chi connectivity index (χ1v) is 9.30. The SMILES string of the molecule is O=C1NC(=S)S/C1=C\c1cn(Cc2ccccc2[N+](=O)[O-])c2ccccc12. The van der Waals surface area contributed by atoms with Crippen LogP contribution in [-0.2, 0) is 11.3 Å². The van der Waals surface area contributed by atoms with Gasteiger partial charge in [-0.05, 0) is 12.1 Å². The second-order valence-electron chi connectivity index (χ2n) is 5.97. The summed E-state index contributed by atoms with van der Waals surface area (Å²) in [5.41, 5.74) is 2.52. The number of hydrogen-bond donors (Lipinski definition) is 1. The molecule has 1 amide bonds. The van der Waals surface area contributed by atoms with Gasteiger partial charge in [-0.2, -0.15) is 0 Å². The Morgan fingerprint density at radius 1 is 1.19 bits per heavy atom. The molecular weight excluding hydrogens is 382 g/mol. The molecule has 0 unspecified atom stereocenters. The molecule has 8 heteroatoms. The van der Waals surface area contributed by atoms with Crippen molar-refractivity contribution in [2.75, 3.05) is 0 Å². The number of fused-ring (bicyclic) bond motifs is 1. The molecule has 1 N–H and O–H groups in total. The van der Waals surface area contributed by atoms with E-state index in [9.17, 15) is 14.9 Å². The average Bonchev–Trinajstić information content (AvgIpc) is 3.15. The van der Waals surface area contributed by atoms with Gasteiger partial charge in [-0.15, -0.1) is 0 Å². The van der Waals surface area contributed by atoms with E-state index in [1.165, 1.54) is 17.8 Å². The fraction of sp³-hybridized carbons (Fsp3) is 0.0526. The van der Waals surface area contributed by atoms with Crippen molar-refractivity contribution in [3.05, 3.63) is 80.9 Å². The maximum atomic E-state index is 12.0. The van der Waals surface area contributed by atoms with Crippen LogP contribution in [0.25, 0.3) is 17.0 Å². The molecule has 2 heterocycles. The maximum Gasteiger partial charge on any atom is 0.274 e. The molecule has 134 valence electrons. The Morgan fingerprint density at radius 3 is 2.67 bits per heavy atom. The van der Waals surface area contributed by atoms with E-state index in [4.69, 9.17) is 12.2 Å². The highest BCUT2D eigenvalue weighted by molar-refractivity contribution is 8.26. The van der Waals surface area contributed by atoms with E-state index in [1.807, 2.05) is 35.0 Å². The van der Waals surface area contributed by atoms with Crippen LogP contribution in [0, 0.1) is 10.1 Å². The zero-order chi connectivity index (χ0) is 19.0. The van der Waals surface area contributed by atoms with Crippen LogP contribution in [0.3, 0.4) is 0 Å². The number of nitro benzene ring substituents is 1. The fourth-order valence-electron chi connectivity index (χ4n) is 3.09. The summed E-state index contributed by atoms with van der Waals surface area (Å²) in [6, 6.07) is 14.5. The van der Waals surface area contributed by atoms with Crippen LogP contribution in [0.1, 0.15) is 11.1 Å². The Kier molecular flexibility index (Phi) is 4.51. The summed E-state index contributed by atoms with van der Waals surface area (Å²) in [6.45, 7) is 0.360. The second kappa shape index (κ2) is 6.98. The number of aromatic nitrogens is 1. The molecule has 0 spiro atoms. The Balaban J connectivity index is 1.80. The minimum atomic E-state index is -0.371. The molecule has 2 aromatic carbocycles. The molecule has 0 saturated carbocycles. The van der Waals surface area contributed by atoms with Gasteiger partial charge >= 0.3 is 0 Å². The van der Waals surface area contributed by atoms with Gasteiger partial charge in [-0.1, -0.05) is 60.4 Å². The number of amides is 1. The second-order valence-corrected chi connectivity index (χ2v) is 7.69. The molecule has 1 fully saturated rings. The standard InChI is InChI=1S/C19H13N3O3S2/c23-18-17(27-19(26)20-18)9-13-11-21(16-8-4-2-6-14(13)16)10-12-5-1-3-7-15(12)22(24)25/h1-9,11H,10H2,(H,20,23,26)/b17-9-. The third-order valence-electron chi connectivity index (χ3n) is 4.28. The van der Waals surface area contributed by atoms with E-state index >= 15 is 0 Å². The first-order chi connectivity index (χ1) is 13.0. The summed E-state index contributed by atoms with van der Waals surface area (Å²) < 4.78 is 2.40. The minimum Gasteiger partial charge on any atom is -0.342 e. The summed E-state index contributed by atoms with van der Waals surface area (Å²) in [7, 11) is 0. The number of para-hydroxylation sites is 2. The van der Waals surface area contributed by atoms with Crippen molar-refractivity contribution in [1.82, 2.24) is 9.88 Å². The van der Waals surface area contributed by atoms with Gasteiger partial charge in [0.25, 0.3) is 11.6 Å². The number of nitro groups is 1. The molecule has 1 saturated heterocycles. The molecule has 0 bridgehead atoms. The van der Waals surface area contributed by atoms with Gasteiger partial charge in [0.05, 0.1) is 16.4 Å².